The van der Waals surface area contributed by atoms with E-state index in [1.807, 2.05) is 55.6 Å². The average molecular weight is 292 g/mol. The third kappa shape index (κ3) is 2.50. The highest BCUT2D eigenvalue weighted by atomic mass is 16.5. The Hall–Kier alpha value is -2.55. The Morgan fingerprint density at radius 2 is 1.64 bits per heavy atom. The fourth-order valence-electron chi connectivity index (χ4n) is 2.69. The van der Waals surface area contributed by atoms with E-state index in [1.54, 1.807) is 0 Å². The Morgan fingerprint density at radius 3 is 2.36 bits per heavy atom. The number of para-hydroxylation sites is 1. The predicted octanol–water partition coefficient (Wildman–Crippen LogP) is 4.71. The van der Waals surface area contributed by atoms with Crippen molar-refractivity contribution in [2.24, 2.45) is 0 Å². The van der Waals surface area contributed by atoms with Gasteiger partial charge in [-0.2, -0.15) is 0 Å². The number of aromatic nitrogens is 1. The average Bonchev–Trinajstić information content (AvgIpc) is 3.06. The smallest absolute Gasteiger partial charge is 0.147 e. The van der Waals surface area contributed by atoms with Crippen LogP contribution in [0.3, 0.4) is 0 Å². The molecule has 1 N–H and O–H groups in total. The van der Waals surface area contributed by atoms with Gasteiger partial charge in [0, 0.05) is 24.4 Å². The van der Waals surface area contributed by atoms with Crippen molar-refractivity contribution in [3.05, 3.63) is 72.0 Å². The lowest BCUT2D eigenvalue weighted by Gasteiger charge is -2.24. The molecule has 2 aromatic carbocycles. The Balaban J connectivity index is 2.01. The molecule has 3 rings (SSSR count). The predicted molar refractivity (Wildman–Crippen MR) is 90.1 cm³/mol. The van der Waals surface area contributed by atoms with Gasteiger partial charge in [0.05, 0.1) is 5.41 Å². The van der Waals surface area contributed by atoms with Crippen LogP contribution < -0.4 is 5.32 Å². The largest absolute Gasteiger partial charge is 0.388 e. The van der Waals surface area contributed by atoms with Crippen LogP contribution in [-0.4, -0.2) is 12.2 Å². The third-order valence-electron chi connectivity index (χ3n) is 4.07. The molecule has 1 aromatic heterocycles. The fourth-order valence-corrected chi connectivity index (χ4v) is 2.69. The molecule has 3 heteroatoms. The maximum Gasteiger partial charge on any atom is 0.147 e. The Kier molecular flexibility index (Phi) is 3.72. The molecule has 0 spiro atoms. The van der Waals surface area contributed by atoms with Gasteiger partial charge in [-0.15, -0.1) is 0 Å². The summed E-state index contributed by atoms with van der Waals surface area (Å²) < 4.78 is 5.66. The third-order valence-corrected chi connectivity index (χ3v) is 4.07. The minimum atomic E-state index is -0.264. The molecule has 112 valence electrons. The van der Waals surface area contributed by atoms with Gasteiger partial charge in [-0.3, -0.25) is 0 Å². The van der Waals surface area contributed by atoms with E-state index >= 15 is 0 Å². The molecule has 1 heterocycles. The van der Waals surface area contributed by atoms with E-state index in [0.29, 0.717) is 0 Å². The summed E-state index contributed by atoms with van der Waals surface area (Å²) in [6.07, 6.45) is 0. The molecule has 0 aliphatic rings. The zero-order chi connectivity index (χ0) is 15.6. The Morgan fingerprint density at radius 1 is 0.955 bits per heavy atom. The number of anilines is 1. The second-order valence-electron chi connectivity index (χ2n) is 5.86. The maximum absolute atomic E-state index is 5.66. The molecule has 0 unspecified atom stereocenters. The lowest BCUT2D eigenvalue weighted by Crippen LogP contribution is -2.19. The van der Waals surface area contributed by atoms with Crippen molar-refractivity contribution in [3.63, 3.8) is 0 Å². The van der Waals surface area contributed by atoms with Gasteiger partial charge < -0.3 is 9.84 Å². The Bertz CT molecular complexity index is 760. The second kappa shape index (κ2) is 5.68. The summed E-state index contributed by atoms with van der Waals surface area (Å²) in [5.41, 5.74) is 3.96. The number of nitrogens with one attached hydrogen (secondary N) is 1. The molecule has 3 nitrogen and oxygen atoms in total. The summed E-state index contributed by atoms with van der Waals surface area (Å²) in [4.78, 5) is 0. The van der Waals surface area contributed by atoms with Gasteiger partial charge in [0.1, 0.15) is 11.5 Å². The SMILES string of the molecule is CNc1ccccc1C(C)(C)c1cc(-c2ccccc2)no1. The second-order valence-corrected chi connectivity index (χ2v) is 5.86. The van der Waals surface area contributed by atoms with Gasteiger partial charge in [-0.25, -0.2) is 0 Å². The van der Waals surface area contributed by atoms with Gasteiger partial charge in [0.15, 0.2) is 0 Å². The van der Waals surface area contributed by atoms with Crippen LogP contribution in [0.15, 0.2) is 65.2 Å². The molecular formula is C19H20N2O. The van der Waals surface area contributed by atoms with E-state index in [1.165, 1.54) is 5.56 Å². The molecule has 22 heavy (non-hydrogen) atoms. The van der Waals surface area contributed by atoms with Crippen LogP contribution in [0.25, 0.3) is 11.3 Å². The first-order valence-corrected chi connectivity index (χ1v) is 7.43. The minimum absolute atomic E-state index is 0.264. The molecule has 0 bridgehead atoms. The van der Waals surface area contributed by atoms with E-state index in [4.69, 9.17) is 4.52 Å². The molecule has 0 fully saturated rings. The van der Waals surface area contributed by atoms with Crippen LogP contribution in [0.2, 0.25) is 0 Å². The van der Waals surface area contributed by atoms with Crippen LogP contribution in [-0.2, 0) is 5.41 Å². The summed E-state index contributed by atoms with van der Waals surface area (Å²) in [6.45, 7) is 4.30. The lowest BCUT2D eigenvalue weighted by atomic mass is 9.81. The van der Waals surface area contributed by atoms with E-state index < -0.39 is 0 Å². The molecule has 0 aliphatic heterocycles. The van der Waals surface area contributed by atoms with Gasteiger partial charge >= 0.3 is 0 Å². The first-order chi connectivity index (χ1) is 10.6. The van der Waals surface area contributed by atoms with E-state index in [-0.39, 0.29) is 5.41 Å². The van der Waals surface area contributed by atoms with Crippen molar-refractivity contribution in [2.75, 3.05) is 12.4 Å². The summed E-state index contributed by atoms with van der Waals surface area (Å²) in [7, 11) is 1.94. The molecule has 0 amide bonds. The van der Waals surface area contributed by atoms with Crippen molar-refractivity contribution in [1.82, 2.24) is 5.16 Å². The van der Waals surface area contributed by atoms with Gasteiger partial charge in [0.2, 0.25) is 0 Å². The molecule has 0 radical (unpaired) electrons. The van der Waals surface area contributed by atoms with Crippen LogP contribution in [0.5, 0.6) is 0 Å². The normalized spacial score (nSPS) is 11.4. The highest BCUT2D eigenvalue weighted by molar-refractivity contribution is 5.61. The van der Waals surface area contributed by atoms with Gasteiger partial charge in [0.25, 0.3) is 0 Å². The topological polar surface area (TPSA) is 38.1 Å². The fraction of sp³-hybridized carbons (Fsp3) is 0.211. The summed E-state index contributed by atoms with van der Waals surface area (Å²) in [6, 6.07) is 20.4. The standard InChI is InChI=1S/C19H20N2O/c1-19(2,15-11-7-8-12-16(15)20-3)18-13-17(21-22-18)14-9-5-4-6-10-14/h4-13,20H,1-3H3. The first kappa shape index (κ1) is 14.4. The summed E-state index contributed by atoms with van der Waals surface area (Å²) in [5.74, 6) is 0.856. The molecule has 0 aliphatic carbocycles. The lowest BCUT2D eigenvalue weighted by molar-refractivity contribution is 0.342. The van der Waals surface area contributed by atoms with Crippen LogP contribution >= 0.6 is 0 Å². The monoisotopic (exact) mass is 292 g/mol. The quantitative estimate of drug-likeness (QED) is 0.757. The van der Waals surface area contributed by atoms with Crippen molar-refractivity contribution in [2.45, 2.75) is 19.3 Å². The number of benzene rings is 2. The molecule has 3 aromatic rings. The van der Waals surface area contributed by atoms with E-state index in [0.717, 1.165) is 22.7 Å². The van der Waals surface area contributed by atoms with Gasteiger partial charge in [-0.05, 0) is 25.5 Å². The van der Waals surface area contributed by atoms with Crippen molar-refractivity contribution in [3.8, 4) is 11.3 Å². The molecule has 0 saturated heterocycles. The number of nitrogens with zero attached hydrogens (tertiary/aromatic N) is 1. The van der Waals surface area contributed by atoms with Crippen molar-refractivity contribution in [1.29, 1.82) is 0 Å². The van der Waals surface area contributed by atoms with Crippen LogP contribution in [0, 0.1) is 0 Å². The summed E-state index contributed by atoms with van der Waals surface area (Å²) in [5, 5.41) is 7.49. The molecule has 0 saturated carbocycles. The number of hydrogen-bond donors (Lipinski definition) is 1. The first-order valence-electron chi connectivity index (χ1n) is 7.43. The van der Waals surface area contributed by atoms with E-state index in [2.05, 4.69) is 36.5 Å². The molecular weight excluding hydrogens is 272 g/mol. The molecule has 0 atom stereocenters. The highest BCUT2D eigenvalue weighted by Gasteiger charge is 2.30. The van der Waals surface area contributed by atoms with Crippen molar-refractivity contribution >= 4 is 5.69 Å². The zero-order valence-electron chi connectivity index (χ0n) is 13.1. The number of rotatable bonds is 4. The zero-order valence-corrected chi connectivity index (χ0v) is 13.1. The van der Waals surface area contributed by atoms with E-state index in [9.17, 15) is 0 Å². The maximum atomic E-state index is 5.66. The minimum Gasteiger partial charge on any atom is -0.388 e. The van der Waals surface area contributed by atoms with Crippen LogP contribution in [0.1, 0.15) is 25.2 Å². The number of hydrogen-bond acceptors (Lipinski definition) is 3. The van der Waals surface area contributed by atoms with Gasteiger partial charge in [-0.1, -0.05) is 53.7 Å². The highest BCUT2D eigenvalue weighted by Crippen LogP contribution is 2.37. The Labute approximate surface area is 131 Å². The summed E-state index contributed by atoms with van der Waals surface area (Å²) >= 11 is 0. The van der Waals surface area contributed by atoms with Crippen molar-refractivity contribution < 1.29 is 4.52 Å². The van der Waals surface area contributed by atoms with Crippen LogP contribution in [0.4, 0.5) is 5.69 Å².